The molecule has 0 bridgehead atoms. The lowest BCUT2D eigenvalue weighted by Gasteiger charge is -2.27. The maximum absolute atomic E-state index is 14.4. The Morgan fingerprint density at radius 1 is 1.00 bits per heavy atom. The molecule has 0 radical (unpaired) electrons. The summed E-state index contributed by atoms with van der Waals surface area (Å²) in [4.78, 5) is 31.5. The van der Waals surface area contributed by atoms with Crippen LogP contribution in [0.4, 0.5) is 8.78 Å². The zero-order valence-electron chi connectivity index (χ0n) is 19.8. The van der Waals surface area contributed by atoms with E-state index >= 15 is 0 Å². The molecule has 0 aliphatic carbocycles. The third-order valence-electron chi connectivity index (χ3n) is 6.35. The molecule has 1 saturated heterocycles. The first-order chi connectivity index (χ1) is 16.8. The molecule has 0 saturated carbocycles. The molecule has 0 spiro atoms. The van der Waals surface area contributed by atoms with Gasteiger partial charge >= 0.3 is 0 Å². The minimum Gasteiger partial charge on any atom is -0.343 e. The van der Waals surface area contributed by atoms with E-state index in [1.54, 1.807) is 0 Å². The van der Waals surface area contributed by atoms with E-state index in [9.17, 15) is 18.4 Å². The lowest BCUT2D eigenvalue weighted by Crippen LogP contribution is -2.47. The van der Waals surface area contributed by atoms with Gasteiger partial charge in [-0.05, 0) is 34.7 Å². The Morgan fingerprint density at radius 2 is 1.66 bits per heavy atom. The quantitative estimate of drug-likeness (QED) is 0.535. The number of nitrogens with zero attached hydrogens (tertiary/aromatic N) is 2. The maximum Gasteiger partial charge on any atom is 0.243 e. The predicted octanol–water partition coefficient (Wildman–Crippen LogP) is 4.73. The van der Waals surface area contributed by atoms with Gasteiger partial charge < -0.3 is 10.2 Å². The Morgan fingerprint density at radius 3 is 2.29 bits per heavy atom. The lowest BCUT2D eigenvalue weighted by atomic mass is 9.95. The van der Waals surface area contributed by atoms with Crippen LogP contribution in [0.15, 0.2) is 72.9 Å². The predicted molar refractivity (Wildman–Crippen MR) is 130 cm³/mol. The van der Waals surface area contributed by atoms with Crippen LogP contribution in [0.2, 0.25) is 0 Å². The Kier molecular flexibility index (Phi) is 7.54. The summed E-state index contributed by atoms with van der Waals surface area (Å²) >= 11 is 0. The van der Waals surface area contributed by atoms with E-state index in [1.807, 2.05) is 54.6 Å². The number of amides is 2. The van der Waals surface area contributed by atoms with Gasteiger partial charge in [0.2, 0.25) is 11.8 Å². The van der Waals surface area contributed by atoms with Gasteiger partial charge in [-0.3, -0.25) is 14.6 Å². The molecule has 2 amide bonds. The molecule has 35 heavy (non-hydrogen) atoms. The van der Waals surface area contributed by atoms with Crippen LogP contribution in [-0.2, 0) is 16.0 Å². The first-order valence-corrected chi connectivity index (χ1v) is 11.8. The average molecular weight is 478 g/mol. The Balaban J connectivity index is 1.54. The molecule has 2 aromatic carbocycles. The molecule has 3 aromatic rings. The highest BCUT2D eigenvalue weighted by molar-refractivity contribution is 5.89. The molecule has 3 atom stereocenters. The van der Waals surface area contributed by atoms with Gasteiger partial charge in [-0.15, -0.1) is 0 Å². The number of carbonyl (C=O) groups is 2. The molecule has 2 heterocycles. The largest absolute Gasteiger partial charge is 0.343 e. The van der Waals surface area contributed by atoms with E-state index < -0.39 is 35.9 Å². The number of carbonyl (C=O) groups excluding carboxylic acids is 2. The summed E-state index contributed by atoms with van der Waals surface area (Å²) in [6.07, 6.45) is -0.460. The number of aromatic nitrogens is 1. The molecular formula is C28H29F2N3O2. The maximum atomic E-state index is 14.4. The zero-order chi connectivity index (χ0) is 24.9. The number of rotatable bonds is 7. The summed E-state index contributed by atoms with van der Waals surface area (Å²) in [7, 11) is 0. The number of hydrogen-bond acceptors (Lipinski definition) is 3. The molecule has 1 aliphatic heterocycles. The van der Waals surface area contributed by atoms with Crippen LogP contribution in [0.25, 0.3) is 0 Å². The van der Waals surface area contributed by atoms with E-state index in [1.165, 1.54) is 22.6 Å². The second-order valence-corrected chi connectivity index (χ2v) is 9.21. The van der Waals surface area contributed by atoms with Gasteiger partial charge in [0, 0.05) is 12.1 Å². The summed E-state index contributed by atoms with van der Waals surface area (Å²) in [5, 5.41) is 3.05. The van der Waals surface area contributed by atoms with Crippen molar-refractivity contribution in [2.45, 2.75) is 50.9 Å². The third-order valence-corrected chi connectivity index (χ3v) is 6.35. The van der Waals surface area contributed by atoms with E-state index in [0.717, 1.165) is 17.3 Å². The summed E-state index contributed by atoms with van der Waals surface area (Å²) in [6.45, 7) is 4.08. The first-order valence-electron chi connectivity index (χ1n) is 11.8. The van der Waals surface area contributed by atoms with Gasteiger partial charge in [-0.1, -0.05) is 68.4 Å². The van der Waals surface area contributed by atoms with Crippen molar-refractivity contribution in [3.8, 4) is 0 Å². The zero-order valence-corrected chi connectivity index (χ0v) is 19.8. The molecule has 1 fully saturated rings. The highest BCUT2D eigenvalue weighted by atomic mass is 19.1. The van der Waals surface area contributed by atoms with E-state index in [-0.39, 0.29) is 19.4 Å². The van der Waals surface area contributed by atoms with Gasteiger partial charge in [0.1, 0.15) is 18.0 Å². The van der Waals surface area contributed by atoms with Crippen LogP contribution in [0.5, 0.6) is 0 Å². The molecule has 5 nitrogen and oxygen atoms in total. The SMILES string of the molecule is CC(C)c1ccc([C@@H](NC(=O)[C@@H]2C[C@@H](F)CN2C(=O)Cc2ccc(F)cn2)c2ccccc2)cc1. The molecule has 4 rings (SSSR count). The summed E-state index contributed by atoms with van der Waals surface area (Å²) in [5.41, 5.74) is 3.35. The molecular weight excluding hydrogens is 448 g/mol. The number of likely N-dealkylation sites (tertiary alicyclic amines) is 1. The summed E-state index contributed by atoms with van der Waals surface area (Å²) in [5.74, 6) is -0.949. The molecule has 1 N–H and O–H groups in total. The van der Waals surface area contributed by atoms with Crippen molar-refractivity contribution in [2.75, 3.05) is 6.54 Å². The Hall–Kier alpha value is -3.61. The van der Waals surface area contributed by atoms with Crippen LogP contribution < -0.4 is 5.32 Å². The number of nitrogens with one attached hydrogen (secondary N) is 1. The summed E-state index contributed by atoms with van der Waals surface area (Å²) in [6, 6.07) is 18.9. The fraction of sp³-hybridized carbons (Fsp3) is 0.321. The van der Waals surface area contributed by atoms with Crippen molar-refractivity contribution in [2.24, 2.45) is 0 Å². The second kappa shape index (κ2) is 10.8. The highest BCUT2D eigenvalue weighted by Gasteiger charge is 2.40. The number of pyridine rings is 1. The molecule has 7 heteroatoms. The minimum atomic E-state index is -1.30. The Labute approximate surface area is 204 Å². The molecule has 1 aliphatic rings. The lowest BCUT2D eigenvalue weighted by molar-refractivity contribution is -0.138. The number of hydrogen-bond donors (Lipinski definition) is 1. The van der Waals surface area contributed by atoms with Crippen molar-refractivity contribution in [3.63, 3.8) is 0 Å². The number of alkyl halides is 1. The van der Waals surface area contributed by atoms with Crippen LogP contribution in [0.3, 0.4) is 0 Å². The van der Waals surface area contributed by atoms with Crippen LogP contribution in [0, 0.1) is 5.82 Å². The second-order valence-electron chi connectivity index (χ2n) is 9.21. The average Bonchev–Trinajstić information content (AvgIpc) is 3.26. The van der Waals surface area contributed by atoms with Crippen molar-refractivity contribution in [1.82, 2.24) is 15.2 Å². The van der Waals surface area contributed by atoms with Crippen molar-refractivity contribution in [3.05, 3.63) is 101 Å². The van der Waals surface area contributed by atoms with E-state index in [4.69, 9.17) is 0 Å². The smallest absolute Gasteiger partial charge is 0.243 e. The van der Waals surface area contributed by atoms with Crippen molar-refractivity contribution in [1.29, 1.82) is 0 Å². The van der Waals surface area contributed by atoms with Crippen LogP contribution in [0.1, 0.15) is 54.6 Å². The van der Waals surface area contributed by atoms with Gasteiger partial charge in [-0.25, -0.2) is 8.78 Å². The normalized spacial score (nSPS) is 18.5. The standard InChI is InChI=1S/C28H29F2N3O2/c1-18(2)19-8-10-21(11-9-19)27(20-6-4-3-5-7-20)32-28(35)25-14-23(30)17-33(25)26(34)15-24-13-12-22(29)16-31-24/h3-13,16,18,23,25,27H,14-15,17H2,1-2H3,(H,32,35)/t23-,25+,27+/m1/s1. The van der Waals surface area contributed by atoms with E-state index in [0.29, 0.717) is 11.6 Å². The van der Waals surface area contributed by atoms with Gasteiger partial charge in [0.15, 0.2) is 0 Å². The van der Waals surface area contributed by atoms with Crippen LogP contribution >= 0.6 is 0 Å². The van der Waals surface area contributed by atoms with Crippen molar-refractivity contribution >= 4 is 11.8 Å². The Bertz CT molecular complexity index is 1150. The van der Waals surface area contributed by atoms with E-state index in [2.05, 4.69) is 24.1 Å². The van der Waals surface area contributed by atoms with Crippen molar-refractivity contribution < 1.29 is 18.4 Å². The van der Waals surface area contributed by atoms with Crippen LogP contribution in [-0.4, -0.2) is 40.5 Å². The summed E-state index contributed by atoms with van der Waals surface area (Å²) < 4.78 is 27.5. The van der Waals surface area contributed by atoms with Gasteiger partial charge in [-0.2, -0.15) is 0 Å². The number of benzene rings is 2. The monoisotopic (exact) mass is 477 g/mol. The topological polar surface area (TPSA) is 62.3 Å². The number of halogens is 2. The fourth-order valence-corrected chi connectivity index (χ4v) is 4.39. The third kappa shape index (κ3) is 5.91. The minimum absolute atomic E-state index is 0.0672. The highest BCUT2D eigenvalue weighted by Crippen LogP contribution is 2.27. The fourth-order valence-electron chi connectivity index (χ4n) is 4.39. The van der Waals surface area contributed by atoms with Gasteiger partial charge in [0.25, 0.3) is 0 Å². The molecule has 182 valence electrons. The van der Waals surface area contributed by atoms with Gasteiger partial charge in [0.05, 0.1) is 25.2 Å². The molecule has 1 aromatic heterocycles. The first kappa shape index (κ1) is 24.5. The molecule has 0 unspecified atom stereocenters.